The Kier molecular flexibility index (Phi) is 4.05. The third-order valence-electron chi connectivity index (χ3n) is 6.75. The molecular formula is C22H27N5O2. The van der Waals surface area contributed by atoms with E-state index < -0.39 is 0 Å². The summed E-state index contributed by atoms with van der Waals surface area (Å²) in [5.41, 5.74) is 3.21. The normalized spacial score (nSPS) is 29.0. The summed E-state index contributed by atoms with van der Waals surface area (Å²) in [6, 6.07) is 6.31. The van der Waals surface area contributed by atoms with Crippen molar-refractivity contribution in [3.05, 3.63) is 41.0 Å². The van der Waals surface area contributed by atoms with Gasteiger partial charge in [0.15, 0.2) is 11.4 Å². The minimum atomic E-state index is -0.0114. The van der Waals surface area contributed by atoms with Crippen LogP contribution in [0.5, 0.6) is 5.75 Å². The minimum absolute atomic E-state index is 0.00736. The van der Waals surface area contributed by atoms with Crippen LogP contribution in [0.2, 0.25) is 0 Å². The van der Waals surface area contributed by atoms with E-state index in [0.29, 0.717) is 36.0 Å². The molecule has 2 saturated carbocycles. The number of aryl methyl sites for hydroxylation is 3. The first kappa shape index (κ1) is 18.3. The number of piperidine rings is 1. The van der Waals surface area contributed by atoms with E-state index in [4.69, 9.17) is 4.74 Å². The van der Waals surface area contributed by atoms with Crippen molar-refractivity contribution < 1.29 is 9.53 Å². The zero-order valence-electron chi connectivity index (χ0n) is 17.4. The van der Waals surface area contributed by atoms with Gasteiger partial charge in [-0.2, -0.15) is 0 Å². The Balaban J connectivity index is 1.35. The van der Waals surface area contributed by atoms with Crippen molar-refractivity contribution in [1.82, 2.24) is 19.9 Å². The van der Waals surface area contributed by atoms with Crippen molar-refractivity contribution in [3.63, 3.8) is 0 Å². The molecule has 0 bridgehead atoms. The monoisotopic (exact) mass is 393 g/mol. The molecule has 1 amide bonds. The molecule has 0 aromatic carbocycles. The van der Waals surface area contributed by atoms with Crippen LogP contribution in [-0.2, 0) is 0 Å². The maximum Gasteiger partial charge on any atom is 0.277 e. The summed E-state index contributed by atoms with van der Waals surface area (Å²) in [4.78, 5) is 29.0. The Morgan fingerprint density at radius 1 is 1.21 bits per heavy atom. The quantitative estimate of drug-likeness (QED) is 0.787. The van der Waals surface area contributed by atoms with Crippen LogP contribution in [0.1, 0.15) is 53.8 Å². The van der Waals surface area contributed by atoms with Crippen molar-refractivity contribution in [2.24, 2.45) is 5.92 Å². The maximum atomic E-state index is 13.3. The number of aromatic nitrogens is 3. The van der Waals surface area contributed by atoms with E-state index in [9.17, 15) is 4.79 Å². The Labute approximate surface area is 170 Å². The zero-order chi connectivity index (χ0) is 20.3. The van der Waals surface area contributed by atoms with Gasteiger partial charge in [-0.3, -0.25) is 4.79 Å². The second-order valence-corrected chi connectivity index (χ2v) is 8.52. The van der Waals surface area contributed by atoms with Gasteiger partial charge in [-0.05, 0) is 65.2 Å². The summed E-state index contributed by atoms with van der Waals surface area (Å²) in [5.74, 6) is 1.74. The average molecular weight is 393 g/mol. The van der Waals surface area contributed by atoms with Gasteiger partial charge in [0.2, 0.25) is 5.95 Å². The summed E-state index contributed by atoms with van der Waals surface area (Å²) >= 11 is 0. The van der Waals surface area contributed by atoms with Gasteiger partial charge in [0.05, 0.1) is 18.2 Å². The first-order valence-electron chi connectivity index (χ1n) is 10.5. The molecule has 4 atom stereocenters. The third-order valence-corrected chi connectivity index (χ3v) is 6.75. The molecule has 2 aliphatic carbocycles. The van der Waals surface area contributed by atoms with Gasteiger partial charge in [0.25, 0.3) is 5.91 Å². The summed E-state index contributed by atoms with van der Waals surface area (Å²) < 4.78 is 5.67. The molecule has 1 aliphatic heterocycles. The molecule has 1 spiro atoms. The number of carbonyl (C=O) groups is 1. The number of hydrogen-bond acceptors (Lipinski definition) is 6. The van der Waals surface area contributed by atoms with Gasteiger partial charge in [0.1, 0.15) is 0 Å². The SMILES string of the molecule is CCOc1ccc(C)nc1C(=O)N1C2CC(Nc3nc(C)cc(C)n3)C3CCC321. The topological polar surface area (TPSA) is 80.0 Å². The number of ether oxygens (including phenoxy) is 1. The van der Waals surface area contributed by atoms with E-state index in [1.54, 1.807) is 0 Å². The van der Waals surface area contributed by atoms with Crippen molar-refractivity contribution >= 4 is 11.9 Å². The Morgan fingerprint density at radius 2 is 1.97 bits per heavy atom. The second kappa shape index (κ2) is 6.40. The van der Waals surface area contributed by atoms with E-state index in [1.807, 2.05) is 45.9 Å². The molecule has 7 heteroatoms. The van der Waals surface area contributed by atoms with E-state index in [1.165, 1.54) is 0 Å². The van der Waals surface area contributed by atoms with E-state index in [-0.39, 0.29) is 17.5 Å². The van der Waals surface area contributed by atoms with Crippen LogP contribution >= 0.6 is 0 Å². The van der Waals surface area contributed by atoms with Crippen LogP contribution in [-0.4, -0.2) is 50.0 Å². The van der Waals surface area contributed by atoms with Crippen molar-refractivity contribution in [2.75, 3.05) is 11.9 Å². The fraction of sp³-hybridized carbons (Fsp3) is 0.545. The second-order valence-electron chi connectivity index (χ2n) is 8.52. The Bertz CT molecular complexity index is 973. The molecule has 3 heterocycles. The molecule has 152 valence electrons. The molecule has 3 fully saturated rings. The number of nitrogens with zero attached hydrogens (tertiary/aromatic N) is 4. The van der Waals surface area contributed by atoms with Gasteiger partial charge in [-0.1, -0.05) is 0 Å². The molecule has 3 aliphatic rings. The molecule has 29 heavy (non-hydrogen) atoms. The smallest absolute Gasteiger partial charge is 0.277 e. The molecule has 0 radical (unpaired) electrons. The van der Waals surface area contributed by atoms with Gasteiger partial charge in [-0.25, -0.2) is 15.0 Å². The molecular weight excluding hydrogens is 366 g/mol. The highest BCUT2D eigenvalue weighted by Gasteiger charge is 2.78. The summed E-state index contributed by atoms with van der Waals surface area (Å²) in [7, 11) is 0. The highest BCUT2D eigenvalue weighted by atomic mass is 16.5. The summed E-state index contributed by atoms with van der Waals surface area (Å²) in [6.45, 7) is 8.32. The number of amides is 1. The molecule has 4 unspecified atom stereocenters. The highest BCUT2D eigenvalue weighted by molar-refractivity contribution is 5.98. The van der Waals surface area contributed by atoms with E-state index >= 15 is 0 Å². The van der Waals surface area contributed by atoms with Crippen LogP contribution in [0.4, 0.5) is 5.95 Å². The van der Waals surface area contributed by atoms with Gasteiger partial charge in [-0.15, -0.1) is 0 Å². The Morgan fingerprint density at radius 3 is 2.59 bits per heavy atom. The van der Waals surface area contributed by atoms with Crippen LogP contribution in [0.3, 0.4) is 0 Å². The number of rotatable bonds is 5. The molecule has 5 rings (SSSR count). The number of likely N-dealkylation sites (tertiary alicyclic amines) is 1. The van der Waals surface area contributed by atoms with Crippen LogP contribution in [0.25, 0.3) is 0 Å². The third kappa shape index (κ3) is 2.70. The summed E-state index contributed by atoms with van der Waals surface area (Å²) in [5, 5.41) is 3.55. The van der Waals surface area contributed by atoms with Crippen LogP contribution in [0, 0.1) is 26.7 Å². The van der Waals surface area contributed by atoms with E-state index in [0.717, 1.165) is 36.3 Å². The molecule has 1 N–H and O–H groups in total. The number of nitrogens with one attached hydrogen (secondary N) is 1. The average Bonchev–Trinajstić information content (AvgIpc) is 3.26. The maximum absolute atomic E-state index is 13.3. The largest absolute Gasteiger partial charge is 0.491 e. The molecule has 2 aromatic rings. The Hall–Kier alpha value is -2.70. The van der Waals surface area contributed by atoms with Crippen LogP contribution in [0.15, 0.2) is 18.2 Å². The van der Waals surface area contributed by atoms with Crippen molar-refractivity contribution in [3.8, 4) is 5.75 Å². The highest BCUT2D eigenvalue weighted by Crippen LogP contribution is 2.67. The zero-order valence-corrected chi connectivity index (χ0v) is 17.4. The molecule has 2 aromatic heterocycles. The first-order valence-corrected chi connectivity index (χ1v) is 10.5. The number of carbonyl (C=O) groups excluding carboxylic acids is 1. The standard InChI is InChI=1S/C22H27N5O2/c1-5-29-17-7-6-12(2)23-19(17)20(28)27-18-11-16(15-8-9-22(15,18)27)26-21-24-13(3)10-14(4)25-21/h6-7,10,15-16,18H,5,8-9,11H2,1-4H3,(H,24,25,26). The fourth-order valence-corrected chi connectivity index (χ4v) is 5.52. The predicted octanol–water partition coefficient (Wildman–Crippen LogP) is 3.05. The number of anilines is 1. The number of hydrogen-bond donors (Lipinski definition) is 1. The molecule has 1 saturated heterocycles. The lowest BCUT2D eigenvalue weighted by atomic mass is 9.72. The lowest BCUT2D eigenvalue weighted by Crippen LogP contribution is -2.47. The summed E-state index contributed by atoms with van der Waals surface area (Å²) in [6.07, 6.45) is 3.13. The van der Waals surface area contributed by atoms with Crippen molar-refractivity contribution in [2.45, 2.75) is 64.6 Å². The predicted molar refractivity (Wildman–Crippen MR) is 109 cm³/mol. The molecule has 7 nitrogen and oxygen atoms in total. The van der Waals surface area contributed by atoms with Crippen LogP contribution < -0.4 is 10.1 Å². The lowest BCUT2D eigenvalue weighted by Gasteiger charge is -2.40. The van der Waals surface area contributed by atoms with Crippen molar-refractivity contribution in [1.29, 1.82) is 0 Å². The van der Waals surface area contributed by atoms with Gasteiger partial charge >= 0.3 is 0 Å². The lowest BCUT2D eigenvalue weighted by molar-refractivity contribution is 0.0715. The first-order chi connectivity index (χ1) is 13.9. The van der Waals surface area contributed by atoms with Gasteiger partial charge < -0.3 is 15.0 Å². The van der Waals surface area contributed by atoms with E-state index in [2.05, 4.69) is 25.2 Å². The fourth-order valence-electron chi connectivity index (χ4n) is 5.52. The van der Waals surface area contributed by atoms with Gasteiger partial charge in [0, 0.05) is 29.0 Å². The number of pyridine rings is 1. The minimum Gasteiger partial charge on any atom is -0.491 e.